The minimum absolute atomic E-state index is 0.0305. The number of ether oxygens (including phenoxy) is 2. The van der Waals surface area contributed by atoms with Crippen molar-refractivity contribution in [3.05, 3.63) is 34.6 Å². The van der Waals surface area contributed by atoms with Gasteiger partial charge >= 0.3 is 0 Å². The lowest BCUT2D eigenvalue weighted by atomic mass is 10.1. The van der Waals surface area contributed by atoms with Crippen molar-refractivity contribution in [2.75, 3.05) is 19.7 Å². The highest BCUT2D eigenvalue weighted by molar-refractivity contribution is 6.31. The van der Waals surface area contributed by atoms with Crippen LogP contribution in [0.5, 0.6) is 0 Å². The Morgan fingerprint density at radius 2 is 2.32 bits per heavy atom. The summed E-state index contributed by atoms with van der Waals surface area (Å²) in [6.07, 6.45) is 0.0305. The Kier molecular flexibility index (Phi) is 4.79. The fraction of sp³-hybridized carbons (Fsp3) is 0.571. The highest BCUT2D eigenvalue weighted by Gasteiger charge is 2.28. The number of benzene rings is 1. The van der Waals surface area contributed by atoms with E-state index in [1.54, 1.807) is 6.07 Å². The lowest BCUT2D eigenvalue weighted by molar-refractivity contribution is -0.122. The summed E-state index contributed by atoms with van der Waals surface area (Å²) >= 11 is 5.93. The first kappa shape index (κ1) is 14.7. The Hall–Kier alpha value is -0.680. The summed E-state index contributed by atoms with van der Waals surface area (Å²) < 4.78 is 24.4. The molecule has 0 saturated carbocycles. The van der Waals surface area contributed by atoms with E-state index >= 15 is 0 Å². The van der Waals surface area contributed by atoms with E-state index in [0.717, 1.165) is 18.7 Å². The number of nitrogens with one attached hydrogen (secondary N) is 1. The molecule has 0 aromatic heterocycles. The van der Waals surface area contributed by atoms with Gasteiger partial charge in [-0.05, 0) is 31.5 Å². The average molecular weight is 288 g/mol. The average Bonchev–Trinajstić information content (AvgIpc) is 2.31. The summed E-state index contributed by atoms with van der Waals surface area (Å²) in [7, 11) is 0. The molecule has 1 N–H and O–H groups in total. The van der Waals surface area contributed by atoms with Gasteiger partial charge in [0.15, 0.2) is 0 Å². The van der Waals surface area contributed by atoms with Crippen LogP contribution >= 0.6 is 11.6 Å². The van der Waals surface area contributed by atoms with Crippen molar-refractivity contribution in [3.63, 3.8) is 0 Å². The monoisotopic (exact) mass is 287 g/mol. The molecule has 1 aliphatic heterocycles. The molecule has 1 aromatic rings. The Labute approximate surface area is 118 Å². The van der Waals surface area contributed by atoms with Gasteiger partial charge in [0.1, 0.15) is 5.82 Å². The molecule has 0 spiro atoms. The molecule has 19 heavy (non-hydrogen) atoms. The number of hydrogen-bond acceptors (Lipinski definition) is 3. The molecule has 3 nitrogen and oxygen atoms in total. The van der Waals surface area contributed by atoms with Crippen molar-refractivity contribution in [1.82, 2.24) is 5.32 Å². The smallest absolute Gasteiger partial charge is 0.124 e. The fourth-order valence-corrected chi connectivity index (χ4v) is 2.32. The maximum absolute atomic E-state index is 12.9. The largest absolute Gasteiger partial charge is 0.374 e. The van der Waals surface area contributed by atoms with Gasteiger partial charge in [0.05, 0.1) is 24.9 Å². The van der Waals surface area contributed by atoms with Gasteiger partial charge in [-0.15, -0.1) is 0 Å². The van der Waals surface area contributed by atoms with E-state index in [2.05, 4.69) is 5.32 Å². The van der Waals surface area contributed by atoms with Crippen LogP contribution in [0.3, 0.4) is 0 Å². The third-order valence-electron chi connectivity index (χ3n) is 2.98. The molecule has 1 aromatic carbocycles. The molecule has 1 fully saturated rings. The Balaban J connectivity index is 1.80. The molecule has 1 aliphatic rings. The number of halogens is 2. The van der Waals surface area contributed by atoms with E-state index in [1.165, 1.54) is 12.1 Å². The zero-order chi connectivity index (χ0) is 13.9. The zero-order valence-corrected chi connectivity index (χ0v) is 12.0. The lowest BCUT2D eigenvalue weighted by Gasteiger charge is -2.36. The third-order valence-corrected chi connectivity index (χ3v) is 3.34. The fourth-order valence-electron chi connectivity index (χ4n) is 2.10. The highest BCUT2D eigenvalue weighted by Crippen LogP contribution is 2.19. The van der Waals surface area contributed by atoms with Gasteiger partial charge in [-0.2, -0.15) is 0 Å². The van der Waals surface area contributed by atoms with Crippen molar-refractivity contribution in [1.29, 1.82) is 0 Å². The Morgan fingerprint density at radius 1 is 1.53 bits per heavy atom. The van der Waals surface area contributed by atoms with Crippen LogP contribution in [0.4, 0.5) is 4.39 Å². The summed E-state index contributed by atoms with van der Waals surface area (Å²) in [5.41, 5.74) is 0.617. The van der Waals surface area contributed by atoms with Crippen LogP contribution in [0, 0.1) is 5.82 Å². The van der Waals surface area contributed by atoms with E-state index < -0.39 is 0 Å². The van der Waals surface area contributed by atoms with Crippen molar-refractivity contribution < 1.29 is 13.9 Å². The first-order chi connectivity index (χ1) is 8.96. The first-order valence-corrected chi connectivity index (χ1v) is 6.74. The molecule has 0 bridgehead atoms. The van der Waals surface area contributed by atoms with Crippen LogP contribution in [-0.2, 0) is 16.1 Å². The molecule has 2 rings (SSSR count). The summed E-state index contributed by atoms with van der Waals surface area (Å²) in [6.45, 7) is 6.56. The second-order valence-electron chi connectivity index (χ2n) is 5.38. The maximum atomic E-state index is 12.9. The van der Waals surface area contributed by atoms with Crippen LogP contribution in [0.1, 0.15) is 19.4 Å². The van der Waals surface area contributed by atoms with Gasteiger partial charge in [-0.3, -0.25) is 0 Å². The summed E-state index contributed by atoms with van der Waals surface area (Å²) in [6, 6.07) is 4.32. The van der Waals surface area contributed by atoms with Crippen molar-refractivity contribution >= 4 is 11.6 Å². The quantitative estimate of drug-likeness (QED) is 0.924. The minimum atomic E-state index is -0.338. The van der Waals surface area contributed by atoms with Crippen LogP contribution in [-0.4, -0.2) is 31.4 Å². The second kappa shape index (κ2) is 6.18. The van der Waals surface area contributed by atoms with Gasteiger partial charge < -0.3 is 14.8 Å². The van der Waals surface area contributed by atoms with Gasteiger partial charge in [-0.25, -0.2) is 4.39 Å². The number of hydrogen-bond donors (Lipinski definition) is 1. The summed E-state index contributed by atoms with van der Waals surface area (Å²) in [5.74, 6) is -0.338. The molecule has 5 heteroatoms. The lowest BCUT2D eigenvalue weighted by Crippen LogP contribution is -2.51. The van der Waals surface area contributed by atoms with Gasteiger partial charge in [-0.1, -0.05) is 17.7 Å². The van der Waals surface area contributed by atoms with Gasteiger partial charge in [0.2, 0.25) is 0 Å². The molecular weight excluding hydrogens is 269 g/mol. The standard InChI is InChI=1S/C14H19ClFNO2/c1-14(2)9-17-6-12(19-14)8-18-7-10-3-4-11(16)5-13(10)15/h3-5,12,17H,6-9H2,1-2H3. The van der Waals surface area contributed by atoms with Crippen molar-refractivity contribution in [2.24, 2.45) is 0 Å². The minimum Gasteiger partial charge on any atom is -0.374 e. The molecule has 1 saturated heterocycles. The SMILES string of the molecule is CC1(C)CNCC(COCc2ccc(F)cc2Cl)O1. The molecule has 1 unspecified atom stereocenters. The third kappa shape index (κ3) is 4.42. The van der Waals surface area contributed by atoms with Crippen molar-refractivity contribution in [2.45, 2.75) is 32.2 Å². The Bertz CT molecular complexity index is 439. The molecular formula is C14H19ClFNO2. The molecule has 0 aliphatic carbocycles. The van der Waals surface area contributed by atoms with Gasteiger partial charge in [0, 0.05) is 18.1 Å². The highest BCUT2D eigenvalue weighted by atomic mass is 35.5. The van der Waals surface area contributed by atoms with Crippen LogP contribution in [0.25, 0.3) is 0 Å². The zero-order valence-electron chi connectivity index (χ0n) is 11.2. The van der Waals surface area contributed by atoms with Crippen molar-refractivity contribution in [3.8, 4) is 0 Å². The Morgan fingerprint density at radius 3 is 3.00 bits per heavy atom. The van der Waals surface area contributed by atoms with Crippen LogP contribution in [0.15, 0.2) is 18.2 Å². The van der Waals surface area contributed by atoms with Crippen LogP contribution < -0.4 is 5.32 Å². The van der Waals surface area contributed by atoms with E-state index in [1.807, 2.05) is 13.8 Å². The van der Waals surface area contributed by atoms with Gasteiger partial charge in [0.25, 0.3) is 0 Å². The number of morpholine rings is 1. The van der Waals surface area contributed by atoms with E-state index in [4.69, 9.17) is 21.1 Å². The number of rotatable bonds is 4. The van der Waals surface area contributed by atoms with E-state index in [-0.39, 0.29) is 17.5 Å². The normalized spacial score (nSPS) is 22.4. The molecule has 106 valence electrons. The summed E-state index contributed by atoms with van der Waals surface area (Å²) in [5, 5.41) is 3.70. The van der Waals surface area contributed by atoms with Crippen LogP contribution in [0.2, 0.25) is 5.02 Å². The maximum Gasteiger partial charge on any atom is 0.124 e. The first-order valence-electron chi connectivity index (χ1n) is 6.36. The molecule has 0 radical (unpaired) electrons. The molecule has 1 heterocycles. The van der Waals surface area contributed by atoms with E-state index in [9.17, 15) is 4.39 Å². The predicted octanol–water partition coefficient (Wildman–Crippen LogP) is 2.76. The van der Waals surface area contributed by atoms with E-state index in [0.29, 0.717) is 18.2 Å². The molecule has 0 amide bonds. The topological polar surface area (TPSA) is 30.5 Å². The summed E-state index contributed by atoms with van der Waals surface area (Å²) in [4.78, 5) is 0. The predicted molar refractivity (Wildman–Crippen MR) is 72.9 cm³/mol. The second-order valence-corrected chi connectivity index (χ2v) is 5.79. The molecule has 1 atom stereocenters.